The smallest absolute Gasteiger partial charge is 0.122 e. The Labute approximate surface area is 87.2 Å². The van der Waals surface area contributed by atoms with E-state index in [2.05, 4.69) is 20.4 Å². The van der Waals surface area contributed by atoms with Crippen LogP contribution >= 0.6 is 0 Å². The number of rotatable bonds is 4. The number of halogens is 1. The molecule has 0 bridgehead atoms. The molecule has 0 fully saturated rings. The van der Waals surface area contributed by atoms with Crippen molar-refractivity contribution in [2.24, 2.45) is 5.92 Å². The van der Waals surface area contributed by atoms with E-state index in [9.17, 15) is 4.39 Å². The lowest BCUT2D eigenvalue weighted by atomic mass is 9.97. The van der Waals surface area contributed by atoms with Crippen LogP contribution in [0.15, 0.2) is 35.5 Å². The first-order chi connectivity index (χ1) is 6.40. The Bertz CT molecular complexity index is 254. The highest BCUT2D eigenvalue weighted by Crippen LogP contribution is 2.20. The van der Waals surface area contributed by atoms with Crippen molar-refractivity contribution in [1.29, 1.82) is 0 Å². The minimum atomic E-state index is -0.906. The lowest BCUT2D eigenvalue weighted by molar-refractivity contribution is 0.414. The number of alkyl halides is 1. The van der Waals surface area contributed by atoms with Crippen molar-refractivity contribution in [3.8, 4) is 0 Å². The van der Waals surface area contributed by atoms with E-state index in [1.54, 1.807) is 6.92 Å². The Kier molecular flexibility index (Phi) is 5.44. The Morgan fingerprint density at radius 2 is 1.79 bits per heavy atom. The van der Waals surface area contributed by atoms with Crippen LogP contribution in [0.1, 0.15) is 34.6 Å². The van der Waals surface area contributed by atoms with Crippen LogP contribution in [-0.4, -0.2) is 6.17 Å². The lowest BCUT2D eigenvalue weighted by Gasteiger charge is -2.11. The summed E-state index contributed by atoms with van der Waals surface area (Å²) in [5.41, 5.74) is 2.77. The summed E-state index contributed by atoms with van der Waals surface area (Å²) in [5, 5.41) is 0. The third-order valence-corrected chi connectivity index (χ3v) is 2.34. The molecule has 0 saturated heterocycles. The molecule has 0 heterocycles. The Morgan fingerprint density at radius 3 is 2.07 bits per heavy atom. The average Bonchev–Trinajstić information content (AvgIpc) is 2.04. The molecule has 0 N–H and O–H groups in total. The van der Waals surface area contributed by atoms with Gasteiger partial charge < -0.3 is 0 Å². The lowest BCUT2D eigenvalue weighted by Crippen LogP contribution is -2.01. The van der Waals surface area contributed by atoms with Gasteiger partial charge in [-0.3, -0.25) is 0 Å². The normalized spacial score (nSPS) is 15.9. The molecule has 0 aromatic rings. The molecule has 0 amide bonds. The molecular weight excluding hydrogens is 175 g/mol. The summed E-state index contributed by atoms with van der Waals surface area (Å²) >= 11 is 0. The van der Waals surface area contributed by atoms with E-state index in [1.807, 2.05) is 26.0 Å². The summed E-state index contributed by atoms with van der Waals surface area (Å²) < 4.78 is 13.1. The molecule has 0 spiro atoms. The topological polar surface area (TPSA) is 0 Å². The third-order valence-electron chi connectivity index (χ3n) is 2.34. The fourth-order valence-corrected chi connectivity index (χ4v) is 1.30. The van der Waals surface area contributed by atoms with Crippen molar-refractivity contribution in [3.05, 3.63) is 35.5 Å². The van der Waals surface area contributed by atoms with E-state index in [-0.39, 0.29) is 0 Å². The molecule has 0 aliphatic carbocycles. The Hall–Kier alpha value is -0.850. The second kappa shape index (κ2) is 5.79. The van der Waals surface area contributed by atoms with Gasteiger partial charge in [0, 0.05) is 0 Å². The molecule has 14 heavy (non-hydrogen) atoms. The van der Waals surface area contributed by atoms with E-state index in [4.69, 9.17) is 0 Å². The minimum Gasteiger partial charge on any atom is -0.243 e. The SMILES string of the molecule is C=C(/C=C(C)\C(=C/C)C(C)F)C(C)C. The minimum absolute atomic E-state index is 0.415. The highest BCUT2D eigenvalue weighted by Gasteiger charge is 2.08. The van der Waals surface area contributed by atoms with Gasteiger partial charge in [-0.1, -0.05) is 38.2 Å². The highest BCUT2D eigenvalue weighted by atomic mass is 19.1. The van der Waals surface area contributed by atoms with Crippen molar-refractivity contribution >= 4 is 0 Å². The van der Waals surface area contributed by atoms with Crippen molar-refractivity contribution in [3.63, 3.8) is 0 Å². The number of hydrogen-bond acceptors (Lipinski definition) is 0. The summed E-state index contributed by atoms with van der Waals surface area (Å²) in [7, 11) is 0. The van der Waals surface area contributed by atoms with Crippen molar-refractivity contribution in [1.82, 2.24) is 0 Å². The van der Waals surface area contributed by atoms with Crippen molar-refractivity contribution in [2.75, 3.05) is 0 Å². The van der Waals surface area contributed by atoms with Crippen LogP contribution in [0.4, 0.5) is 4.39 Å². The predicted octanol–water partition coefficient (Wildman–Crippen LogP) is 4.45. The number of hydrogen-bond donors (Lipinski definition) is 0. The summed E-state index contributed by atoms with van der Waals surface area (Å²) in [6.45, 7) is 13.5. The van der Waals surface area contributed by atoms with Crippen molar-refractivity contribution in [2.45, 2.75) is 40.8 Å². The third kappa shape index (κ3) is 3.91. The summed E-state index contributed by atoms with van der Waals surface area (Å²) in [6.07, 6.45) is 2.89. The average molecular weight is 196 g/mol. The zero-order valence-corrected chi connectivity index (χ0v) is 9.89. The zero-order chi connectivity index (χ0) is 11.3. The maximum atomic E-state index is 13.1. The molecule has 0 aliphatic heterocycles. The van der Waals surface area contributed by atoms with Gasteiger partial charge in [-0.2, -0.15) is 0 Å². The van der Waals surface area contributed by atoms with Crippen LogP contribution in [0.5, 0.6) is 0 Å². The summed E-state index contributed by atoms with van der Waals surface area (Å²) in [6, 6.07) is 0. The van der Waals surface area contributed by atoms with Crippen molar-refractivity contribution < 1.29 is 4.39 Å². The molecule has 80 valence electrons. The van der Waals surface area contributed by atoms with Gasteiger partial charge >= 0.3 is 0 Å². The maximum absolute atomic E-state index is 13.1. The predicted molar refractivity (Wildman–Crippen MR) is 62.1 cm³/mol. The quantitative estimate of drug-likeness (QED) is 0.583. The van der Waals surface area contributed by atoms with Gasteiger partial charge in [0.25, 0.3) is 0 Å². The molecule has 0 nitrogen and oxygen atoms in total. The Balaban J connectivity index is 4.76. The Morgan fingerprint density at radius 1 is 1.29 bits per heavy atom. The van der Waals surface area contributed by atoms with Crippen LogP contribution in [0.25, 0.3) is 0 Å². The largest absolute Gasteiger partial charge is 0.243 e. The summed E-state index contributed by atoms with van der Waals surface area (Å²) in [4.78, 5) is 0. The fraction of sp³-hybridized carbons (Fsp3) is 0.538. The van der Waals surface area contributed by atoms with Gasteiger partial charge in [0.05, 0.1) is 0 Å². The molecule has 1 atom stereocenters. The van der Waals surface area contributed by atoms with E-state index >= 15 is 0 Å². The molecule has 0 rings (SSSR count). The maximum Gasteiger partial charge on any atom is 0.122 e. The second-order valence-corrected chi connectivity index (χ2v) is 3.92. The molecule has 0 aromatic heterocycles. The van der Waals surface area contributed by atoms with Gasteiger partial charge in [0.2, 0.25) is 0 Å². The van der Waals surface area contributed by atoms with Gasteiger partial charge in [-0.05, 0) is 37.8 Å². The van der Waals surface area contributed by atoms with Gasteiger partial charge in [0.15, 0.2) is 0 Å². The van der Waals surface area contributed by atoms with Crippen LogP contribution in [0, 0.1) is 5.92 Å². The van der Waals surface area contributed by atoms with E-state index < -0.39 is 6.17 Å². The number of allylic oxidation sites excluding steroid dienone is 5. The van der Waals surface area contributed by atoms with E-state index in [0.717, 1.165) is 16.7 Å². The fourth-order valence-electron chi connectivity index (χ4n) is 1.30. The second-order valence-electron chi connectivity index (χ2n) is 3.92. The van der Waals surface area contributed by atoms with Gasteiger partial charge in [-0.15, -0.1) is 0 Å². The van der Waals surface area contributed by atoms with Crippen LogP contribution in [0.2, 0.25) is 0 Å². The monoisotopic (exact) mass is 196 g/mol. The molecule has 0 saturated carbocycles. The highest BCUT2D eigenvalue weighted by molar-refractivity contribution is 5.37. The van der Waals surface area contributed by atoms with Crippen LogP contribution in [0.3, 0.4) is 0 Å². The molecular formula is C13H21F. The molecule has 1 unspecified atom stereocenters. The zero-order valence-electron chi connectivity index (χ0n) is 9.89. The molecule has 0 aliphatic rings. The van der Waals surface area contributed by atoms with E-state index in [0.29, 0.717) is 5.92 Å². The molecule has 1 heteroatoms. The summed E-state index contributed by atoms with van der Waals surface area (Å²) in [5.74, 6) is 0.415. The van der Waals surface area contributed by atoms with Gasteiger partial charge in [-0.25, -0.2) is 4.39 Å². The molecule has 0 aromatic carbocycles. The van der Waals surface area contributed by atoms with Crippen LogP contribution in [-0.2, 0) is 0 Å². The van der Waals surface area contributed by atoms with E-state index in [1.165, 1.54) is 0 Å². The standard InChI is InChI=1S/C13H21F/c1-7-13(12(6)14)11(5)8-10(4)9(2)3/h7-9,12H,4H2,1-3,5-6H3/b11-8-,13-7+. The first kappa shape index (κ1) is 13.2. The van der Waals surface area contributed by atoms with Gasteiger partial charge in [0.1, 0.15) is 6.17 Å². The first-order valence-corrected chi connectivity index (χ1v) is 5.07. The van der Waals surface area contributed by atoms with Crippen LogP contribution < -0.4 is 0 Å². The molecule has 0 radical (unpaired) electrons. The first-order valence-electron chi connectivity index (χ1n) is 5.07.